The molecule has 8 N–H and O–H groups in total. The largest absolute Gasteiger partial charge is 0.547 e. The lowest BCUT2D eigenvalue weighted by molar-refractivity contribution is -0.156. The van der Waals surface area contributed by atoms with Crippen LogP contribution in [0.4, 0.5) is 24.1 Å². The Morgan fingerprint density at radius 3 is 2.23 bits per heavy atom. The molecule has 0 bridgehead atoms. The molecule has 22 heteroatoms. The molecule has 3 aromatic rings. The highest BCUT2D eigenvalue weighted by Crippen LogP contribution is 2.41. The number of likely N-dealkylation sites (tertiary alicyclic amines) is 1. The van der Waals surface area contributed by atoms with E-state index in [0.29, 0.717) is 29.5 Å². The third-order valence-corrected chi connectivity index (χ3v) is 9.99. The fraction of sp³-hybridized carbons (Fsp3) is 0.294. The Bertz CT molecular complexity index is 2120. The van der Waals surface area contributed by atoms with Gasteiger partial charge in [0, 0.05) is 43.5 Å². The number of piperidine rings is 1. The Morgan fingerprint density at radius 2 is 1.57 bits per heavy atom. The van der Waals surface area contributed by atoms with Gasteiger partial charge in [0.2, 0.25) is 5.91 Å². The molecule has 2 atom stereocenters. The highest BCUT2D eigenvalue weighted by molar-refractivity contribution is 6.47. The molecular weight excluding hydrogens is 769 g/mol. The molecule has 2 fully saturated rings. The number of nitrogens with zero attached hydrogens (tertiary/aromatic N) is 3. The molecule has 3 aromatic carbocycles. The summed E-state index contributed by atoms with van der Waals surface area (Å²) in [6.07, 6.45) is 0.278. The topological polar surface area (TPSA) is 259 Å². The van der Waals surface area contributed by atoms with Gasteiger partial charge in [-0.2, -0.15) is 0 Å². The molecule has 2 saturated heterocycles. The Labute approximate surface area is 320 Å². The molecule has 18 nitrogen and oxygen atoms in total. The quantitative estimate of drug-likeness (QED) is 0.0735. The molecular formula is C34H32BClF2N6O12. The first kappa shape index (κ1) is 39.4. The Hall–Kier alpha value is -6.35. The number of aromatic hydroxyl groups is 3. The van der Waals surface area contributed by atoms with E-state index < -0.39 is 106 Å². The minimum Gasteiger partial charge on any atom is -0.534 e. The first-order chi connectivity index (χ1) is 26.5. The number of carbonyl (C=O) groups excluding carboxylic acids is 5. The van der Waals surface area contributed by atoms with E-state index in [4.69, 9.17) is 16.3 Å². The highest BCUT2D eigenvalue weighted by Gasteiger charge is 2.44. The molecule has 0 saturated carbocycles. The Balaban J connectivity index is 1.14. The monoisotopic (exact) mass is 800 g/mol. The molecule has 7 amide bonds. The maximum atomic E-state index is 14.7. The van der Waals surface area contributed by atoms with Gasteiger partial charge in [0.05, 0.1) is 11.0 Å². The van der Waals surface area contributed by atoms with Gasteiger partial charge in [0.15, 0.2) is 17.3 Å². The van der Waals surface area contributed by atoms with E-state index in [-0.39, 0.29) is 43.9 Å². The zero-order chi connectivity index (χ0) is 40.6. The van der Waals surface area contributed by atoms with Crippen molar-refractivity contribution < 1.29 is 67.7 Å². The number of anilines is 1. The molecule has 0 unspecified atom stereocenters. The number of hydrogen-bond donors (Lipinski definition) is 8. The van der Waals surface area contributed by atoms with Crippen molar-refractivity contribution in [1.82, 2.24) is 25.3 Å². The predicted molar refractivity (Wildman–Crippen MR) is 189 cm³/mol. The van der Waals surface area contributed by atoms with Gasteiger partial charge in [-0.3, -0.25) is 19.3 Å². The third-order valence-electron chi connectivity index (χ3n) is 9.60. The van der Waals surface area contributed by atoms with Crippen molar-refractivity contribution >= 4 is 60.2 Å². The van der Waals surface area contributed by atoms with Crippen LogP contribution in [0.2, 0.25) is 5.02 Å². The number of carboxylic acid groups (broad SMARTS) is 1. The maximum absolute atomic E-state index is 14.7. The zero-order valence-corrected chi connectivity index (χ0v) is 29.6. The van der Waals surface area contributed by atoms with Crippen molar-refractivity contribution in [3.8, 4) is 23.0 Å². The van der Waals surface area contributed by atoms with E-state index in [1.807, 2.05) is 0 Å². The van der Waals surface area contributed by atoms with E-state index in [9.17, 15) is 63.0 Å². The standard InChI is InChI=1S/C34H32BClF2N6O12/c36-24-19(14-21(38)26(46)27(24)47)25(29(48)40-22-13-15-1-6-20(37)23(32(51)52)28(15)56-35(22)55)41-34(54)44-12-11-43(30(49)31(44)50)17-7-9-42(10-8-17)33(53)39-16-2-4-18(45)5-3-16/h1-6,14,17,22,25,45-47,55H,7-13H2,(H,39,53)(H,40,48)(H,41,54)(H,51,52)/t22-,25+/m0/s1. The molecule has 0 spiro atoms. The fourth-order valence-corrected chi connectivity index (χ4v) is 6.92. The normalized spacial score (nSPS) is 17.8. The number of carbonyl (C=O) groups is 6. The number of amides is 7. The maximum Gasteiger partial charge on any atom is 0.547 e. The van der Waals surface area contributed by atoms with Crippen LogP contribution in [0.1, 0.15) is 40.4 Å². The average Bonchev–Trinajstić information content (AvgIpc) is 3.16. The smallest absolute Gasteiger partial charge is 0.534 e. The molecule has 3 aliphatic heterocycles. The molecule has 6 rings (SSSR count). The number of piperazine rings is 1. The first-order valence-electron chi connectivity index (χ1n) is 16.9. The van der Waals surface area contributed by atoms with E-state index in [2.05, 4.69) is 16.0 Å². The Morgan fingerprint density at radius 1 is 0.893 bits per heavy atom. The molecule has 0 aromatic heterocycles. The van der Waals surface area contributed by atoms with Crippen LogP contribution >= 0.6 is 11.6 Å². The van der Waals surface area contributed by atoms with Crippen molar-refractivity contribution in [2.24, 2.45) is 0 Å². The van der Waals surface area contributed by atoms with Crippen molar-refractivity contribution in [3.63, 3.8) is 0 Å². The van der Waals surface area contributed by atoms with E-state index in [1.54, 1.807) is 0 Å². The summed E-state index contributed by atoms with van der Waals surface area (Å²) in [4.78, 5) is 81.6. The summed E-state index contributed by atoms with van der Waals surface area (Å²) < 4.78 is 34.1. The van der Waals surface area contributed by atoms with Crippen LogP contribution in [0.3, 0.4) is 0 Å². The zero-order valence-electron chi connectivity index (χ0n) is 28.9. The highest BCUT2D eigenvalue weighted by atomic mass is 35.5. The second-order valence-corrected chi connectivity index (χ2v) is 13.4. The molecule has 0 aliphatic carbocycles. The molecule has 3 aliphatic rings. The van der Waals surface area contributed by atoms with Crippen LogP contribution in [-0.4, -0.2) is 121 Å². The van der Waals surface area contributed by atoms with Gasteiger partial charge in [0.25, 0.3) is 0 Å². The number of fused-ring (bicyclic) bond motifs is 1. The lowest BCUT2D eigenvalue weighted by Crippen LogP contribution is -2.62. The lowest BCUT2D eigenvalue weighted by atomic mass is 9.72. The predicted octanol–water partition coefficient (Wildman–Crippen LogP) is 1.69. The number of halogens is 3. The van der Waals surface area contributed by atoms with Crippen LogP contribution in [0.5, 0.6) is 23.0 Å². The number of phenols is 3. The first-order valence-corrected chi connectivity index (χ1v) is 17.3. The molecule has 0 radical (unpaired) electrons. The van der Waals surface area contributed by atoms with E-state index >= 15 is 0 Å². The number of hydrogen-bond acceptors (Lipinski definition) is 11. The molecule has 56 heavy (non-hydrogen) atoms. The number of phenolic OH excluding ortho intramolecular Hbond substituents is 3. The number of rotatable bonds is 7. The van der Waals surface area contributed by atoms with Gasteiger partial charge in [-0.1, -0.05) is 17.7 Å². The fourth-order valence-electron chi connectivity index (χ4n) is 6.66. The van der Waals surface area contributed by atoms with Gasteiger partial charge in [-0.25, -0.2) is 23.2 Å². The molecule has 3 heterocycles. The van der Waals surface area contributed by atoms with Crippen molar-refractivity contribution in [2.75, 3.05) is 31.5 Å². The SMILES string of the molecule is O=C(O)c1c(F)ccc2c1OB(O)[C@@H](NC(=O)[C@H](NC(=O)N1CCN(C3CCN(C(=O)Nc4ccc(O)cc4)CC3)C(=O)C1=O)c1cc(F)c(O)c(O)c1Cl)C2. The van der Waals surface area contributed by atoms with Crippen LogP contribution in [0, 0.1) is 11.6 Å². The lowest BCUT2D eigenvalue weighted by Gasteiger charge is -2.41. The van der Waals surface area contributed by atoms with Gasteiger partial charge in [-0.05, 0) is 61.2 Å². The number of urea groups is 2. The van der Waals surface area contributed by atoms with Crippen LogP contribution in [-0.2, 0) is 20.8 Å². The van der Waals surface area contributed by atoms with Crippen LogP contribution < -0.4 is 20.6 Å². The summed E-state index contributed by atoms with van der Waals surface area (Å²) in [7, 11) is -1.98. The number of nitrogens with one attached hydrogen (secondary N) is 3. The summed E-state index contributed by atoms with van der Waals surface area (Å²) >= 11 is 6.16. The van der Waals surface area contributed by atoms with Gasteiger partial charge in [-0.15, -0.1) is 0 Å². The summed E-state index contributed by atoms with van der Waals surface area (Å²) in [5, 5.41) is 56.1. The van der Waals surface area contributed by atoms with Crippen LogP contribution in [0.25, 0.3) is 0 Å². The number of benzene rings is 3. The second-order valence-electron chi connectivity index (χ2n) is 13.0. The summed E-state index contributed by atoms with van der Waals surface area (Å²) in [6, 6.07) is 4.14. The summed E-state index contributed by atoms with van der Waals surface area (Å²) in [5.74, 6) is -12.2. The molecule has 294 valence electrons. The number of carboxylic acids is 1. The van der Waals surface area contributed by atoms with Crippen LogP contribution in [0.15, 0.2) is 42.5 Å². The number of imide groups is 1. The minimum absolute atomic E-state index is 0.0293. The Kier molecular flexibility index (Phi) is 11.1. The van der Waals surface area contributed by atoms with E-state index in [0.717, 1.165) is 12.1 Å². The van der Waals surface area contributed by atoms with E-state index in [1.165, 1.54) is 34.1 Å². The van der Waals surface area contributed by atoms with Gasteiger partial charge < -0.3 is 55.9 Å². The average molecular weight is 801 g/mol. The number of aromatic carboxylic acids is 1. The second kappa shape index (κ2) is 15.8. The summed E-state index contributed by atoms with van der Waals surface area (Å²) in [5.41, 5.74) is -0.959. The van der Waals surface area contributed by atoms with Crippen molar-refractivity contribution in [3.05, 3.63) is 75.8 Å². The van der Waals surface area contributed by atoms with Gasteiger partial charge in [0.1, 0.15) is 28.9 Å². The third kappa shape index (κ3) is 7.75. The summed E-state index contributed by atoms with van der Waals surface area (Å²) in [6.45, 7) is -0.0231. The van der Waals surface area contributed by atoms with Crippen molar-refractivity contribution in [1.29, 1.82) is 0 Å². The minimum atomic E-state index is -2.06. The van der Waals surface area contributed by atoms with Gasteiger partial charge >= 0.3 is 37.0 Å². The van der Waals surface area contributed by atoms with Crippen molar-refractivity contribution in [2.45, 2.75) is 37.3 Å².